The second-order valence-corrected chi connectivity index (χ2v) is 6.91. The number of nitrogens with two attached hydrogens (primary N) is 1. The van der Waals surface area contributed by atoms with E-state index in [1.165, 1.54) is 0 Å². The van der Waals surface area contributed by atoms with Crippen molar-refractivity contribution in [2.75, 3.05) is 25.3 Å². The zero-order valence-electron chi connectivity index (χ0n) is 14.2. The van der Waals surface area contributed by atoms with Crippen LogP contribution in [0.1, 0.15) is 9.67 Å². The molecule has 1 amide bonds. The first-order valence-electron chi connectivity index (χ1n) is 7.65. The van der Waals surface area contributed by atoms with Gasteiger partial charge in [0.05, 0.1) is 19.9 Å². The molecule has 0 aliphatic carbocycles. The van der Waals surface area contributed by atoms with Crippen LogP contribution >= 0.6 is 23.6 Å². The lowest BCUT2D eigenvalue weighted by Gasteiger charge is -2.10. The summed E-state index contributed by atoms with van der Waals surface area (Å²) >= 11 is 6.56. The second kappa shape index (κ2) is 7.59. The van der Waals surface area contributed by atoms with Crippen molar-refractivity contribution in [3.63, 3.8) is 0 Å². The maximum absolute atomic E-state index is 12.7. The molecule has 0 bridgehead atoms. The van der Waals surface area contributed by atoms with E-state index < -0.39 is 0 Å². The lowest BCUT2D eigenvalue weighted by Crippen LogP contribution is -2.14. The highest BCUT2D eigenvalue weighted by molar-refractivity contribution is 7.73. The van der Waals surface area contributed by atoms with E-state index in [1.807, 2.05) is 36.4 Å². The smallest absolute Gasteiger partial charge is 0.269 e. The maximum Gasteiger partial charge on any atom is 0.269 e. The van der Waals surface area contributed by atoms with Crippen LogP contribution in [0, 0.1) is 3.95 Å². The Kier molecular flexibility index (Phi) is 5.24. The number of carbonyl (C=O) groups is 1. The minimum atomic E-state index is -0.338. The van der Waals surface area contributed by atoms with E-state index >= 15 is 0 Å². The molecular formula is C18H17N3O3S2. The van der Waals surface area contributed by atoms with Crippen molar-refractivity contribution in [3.8, 4) is 17.2 Å². The van der Waals surface area contributed by atoms with Crippen molar-refractivity contribution in [2.24, 2.45) is 0 Å². The largest absolute Gasteiger partial charge is 0.497 e. The van der Waals surface area contributed by atoms with E-state index in [0.717, 1.165) is 22.8 Å². The van der Waals surface area contributed by atoms with Crippen molar-refractivity contribution in [1.82, 2.24) is 4.57 Å². The highest BCUT2D eigenvalue weighted by Gasteiger charge is 2.19. The van der Waals surface area contributed by atoms with Crippen LogP contribution < -0.4 is 20.5 Å². The van der Waals surface area contributed by atoms with Gasteiger partial charge in [-0.1, -0.05) is 23.5 Å². The first-order valence-corrected chi connectivity index (χ1v) is 8.87. The van der Waals surface area contributed by atoms with E-state index in [9.17, 15) is 4.79 Å². The minimum Gasteiger partial charge on any atom is -0.497 e. The molecule has 0 fully saturated rings. The maximum atomic E-state index is 12.7. The normalized spacial score (nSPS) is 10.4. The SMILES string of the molecule is COc1ccc(-n2c(N)c(C(=O)Nc3ccccc3OC)sc2=S)cc1. The molecule has 0 aliphatic rings. The molecule has 0 atom stereocenters. The number of hydrogen-bond donors (Lipinski definition) is 2. The van der Waals surface area contributed by atoms with Crippen LogP contribution in [0.3, 0.4) is 0 Å². The number of nitrogens with one attached hydrogen (secondary N) is 1. The third-order valence-corrected chi connectivity index (χ3v) is 5.13. The summed E-state index contributed by atoms with van der Waals surface area (Å²) in [6.45, 7) is 0. The van der Waals surface area contributed by atoms with Crippen LogP contribution in [-0.2, 0) is 0 Å². The molecule has 0 saturated carbocycles. The molecule has 0 radical (unpaired) electrons. The fourth-order valence-electron chi connectivity index (χ4n) is 2.45. The third-order valence-electron chi connectivity index (χ3n) is 3.74. The molecule has 8 heteroatoms. The van der Waals surface area contributed by atoms with Gasteiger partial charge in [0.15, 0.2) is 3.95 Å². The van der Waals surface area contributed by atoms with Crippen molar-refractivity contribution in [2.45, 2.75) is 0 Å². The molecule has 0 unspecified atom stereocenters. The third kappa shape index (κ3) is 3.42. The molecule has 6 nitrogen and oxygen atoms in total. The van der Waals surface area contributed by atoms with E-state index in [-0.39, 0.29) is 11.7 Å². The van der Waals surface area contributed by atoms with Gasteiger partial charge < -0.3 is 20.5 Å². The molecule has 134 valence electrons. The van der Waals surface area contributed by atoms with Crippen LogP contribution in [0.25, 0.3) is 5.69 Å². The molecule has 2 aromatic carbocycles. The van der Waals surface area contributed by atoms with Gasteiger partial charge in [0.1, 0.15) is 22.2 Å². The predicted molar refractivity (Wildman–Crippen MR) is 106 cm³/mol. The number of thiazole rings is 1. The molecule has 1 aromatic heterocycles. The fourth-order valence-corrected chi connectivity index (χ4v) is 3.71. The Morgan fingerprint density at radius 1 is 1.12 bits per heavy atom. The van der Waals surface area contributed by atoms with Crippen LogP contribution in [0.4, 0.5) is 11.5 Å². The number of aromatic nitrogens is 1. The number of nitrogens with zero attached hydrogens (tertiary/aromatic N) is 1. The molecular weight excluding hydrogens is 370 g/mol. The molecule has 1 heterocycles. The Balaban J connectivity index is 1.94. The Morgan fingerprint density at radius 2 is 1.81 bits per heavy atom. The summed E-state index contributed by atoms with van der Waals surface area (Å²) in [6, 6.07) is 14.4. The number of nitrogen functional groups attached to an aromatic ring is 1. The van der Waals surface area contributed by atoms with Gasteiger partial charge in [-0.05, 0) is 48.6 Å². The summed E-state index contributed by atoms with van der Waals surface area (Å²) in [6.07, 6.45) is 0. The van der Waals surface area contributed by atoms with Crippen LogP contribution in [0.5, 0.6) is 11.5 Å². The van der Waals surface area contributed by atoms with Gasteiger partial charge in [-0.15, -0.1) is 0 Å². The summed E-state index contributed by atoms with van der Waals surface area (Å²) in [5, 5.41) is 2.82. The van der Waals surface area contributed by atoms with Gasteiger partial charge in [0.25, 0.3) is 5.91 Å². The number of benzene rings is 2. The fraction of sp³-hybridized carbons (Fsp3) is 0.111. The van der Waals surface area contributed by atoms with E-state index in [0.29, 0.717) is 20.3 Å². The summed E-state index contributed by atoms with van der Waals surface area (Å²) in [4.78, 5) is 13.0. The molecule has 26 heavy (non-hydrogen) atoms. The zero-order chi connectivity index (χ0) is 18.7. The first-order chi connectivity index (χ1) is 12.5. The molecule has 0 saturated heterocycles. The van der Waals surface area contributed by atoms with Gasteiger partial charge in [-0.3, -0.25) is 9.36 Å². The standard InChI is InChI=1S/C18H17N3O3S2/c1-23-12-9-7-11(8-10-12)21-16(19)15(26-18(21)25)17(22)20-13-5-3-4-6-14(13)24-2/h3-10H,19H2,1-2H3,(H,20,22). The molecule has 3 N–H and O–H groups in total. The number of amides is 1. The number of para-hydroxylation sites is 2. The quantitative estimate of drug-likeness (QED) is 0.644. The summed E-state index contributed by atoms with van der Waals surface area (Å²) in [7, 11) is 3.14. The van der Waals surface area contributed by atoms with Crippen molar-refractivity contribution in [1.29, 1.82) is 0 Å². The Labute approximate surface area is 159 Å². The van der Waals surface area contributed by atoms with Crippen molar-refractivity contribution >= 4 is 41.0 Å². The van der Waals surface area contributed by atoms with Crippen LogP contribution in [0.2, 0.25) is 0 Å². The van der Waals surface area contributed by atoms with Crippen molar-refractivity contribution < 1.29 is 14.3 Å². The van der Waals surface area contributed by atoms with E-state index in [2.05, 4.69) is 5.32 Å². The van der Waals surface area contributed by atoms with Gasteiger partial charge in [0.2, 0.25) is 0 Å². The highest BCUT2D eigenvalue weighted by atomic mass is 32.1. The molecule has 3 aromatic rings. The number of hydrogen-bond acceptors (Lipinski definition) is 6. The molecule has 3 rings (SSSR count). The average Bonchev–Trinajstić information content (AvgIpc) is 2.96. The lowest BCUT2D eigenvalue weighted by molar-refractivity contribution is 0.103. The number of methoxy groups -OCH3 is 2. The first kappa shape index (κ1) is 18.0. The molecule has 0 spiro atoms. The van der Waals surface area contributed by atoms with E-state index in [1.54, 1.807) is 30.9 Å². The second-order valence-electron chi connectivity index (χ2n) is 5.27. The number of ether oxygens (including phenoxy) is 2. The Bertz CT molecular complexity index is 994. The van der Waals surface area contributed by atoms with Crippen molar-refractivity contribution in [3.05, 3.63) is 57.4 Å². The zero-order valence-corrected chi connectivity index (χ0v) is 15.8. The number of anilines is 2. The number of rotatable bonds is 5. The van der Waals surface area contributed by atoms with Crippen LogP contribution in [0.15, 0.2) is 48.5 Å². The number of carbonyl (C=O) groups excluding carboxylic acids is 1. The summed E-state index contributed by atoms with van der Waals surface area (Å²) < 4.78 is 12.6. The van der Waals surface area contributed by atoms with E-state index in [4.69, 9.17) is 27.4 Å². The Morgan fingerprint density at radius 3 is 2.46 bits per heavy atom. The lowest BCUT2D eigenvalue weighted by atomic mass is 10.3. The highest BCUT2D eigenvalue weighted by Crippen LogP contribution is 2.29. The van der Waals surface area contributed by atoms with Gasteiger partial charge in [-0.25, -0.2) is 0 Å². The Hall–Kier alpha value is -2.84. The topological polar surface area (TPSA) is 78.5 Å². The monoisotopic (exact) mass is 387 g/mol. The summed E-state index contributed by atoms with van der Waals surface area (Å²) in [5.41, 5.74) is 7.54. The van der Waals surface area contributed by atoms with Gasteiger partial charge in [0, 0.05) is 5.69 Å². The minimum absolute atomic E-state index is 0.289. The van der Waals surface area contributed by atoms with Gasteiger partial charge in [-0.2, -0.15) is 0 Å². The molecule has 0 aliphatic heterocycles. The average molecular weight is 387 g/mol. The predicted octanol–water partition coefficient (Wildman–Crippen LogP) is 4.12. The van der Waals surface area contributed by atoms with Crippen LogP contribution in [-0.4, -0.2) is 24.7 Å². The van der Waals surface area contributed by atoms with Gasteiger partial charge >= 0.3 is 0 Å². The summed E-state index contributed by atoms with van der Waals surface area (Å²) in [5.74, 6) is 1.24.